The summed E-state index contributed by atoms with van der Waals surface area (Å²) in [6, 6.07) is 7.62. The van der Waals surface area contributed by atoms with E-state index >= 15 is 0 Å². The van der Waals surface area contributed by atoms with Gasteiger partial charge in [0.1, 0.15) is 18.8 Å². The quantitative estimate of drug-likeness (QED) is 0.772. The SMILES string of the molecule is CC1(C)C[N+](CCO)(C(=O)O)c2ccccc21. The van der Waals surface area contributed by atoms with Gasteiger partial charge in [0.25, 0.3) is 0 Å². The van der Waals surface area contributed by atoms with E-state index in [0.29, 0.717) is 6.54 Å². The number of aliphatic hydroxyl groups excluding tert-OH is 1. The summed E-state index contributed by atoms with van der Waals surface area (Å²) in [5, 5.41) is 18.7. The topological polar surface area (TPSA) is 57.5 Å². The number of nitrogens with zero attached hydrogens (tertiary/aromatic N) is 1. The first-order chi connectivity index (χ1) is 7.94. The van der Waals surface area contributed by atoms with Crippen molar-refractivity contribution in [3.05, 3.63) is 29.8 Å². The Morgan fingerprint density at radius 2 is 2.06 bits per heavy atom. The average Bonchev–Trinajstić information content (AvgIpc) is 2.50. The van der Waals surface area contributed by atoms with Crippen molar-refractivity contribution in [2.24, 2.45) is 0 Å². The highest BCUT2D eigenvalue weighted by Crippen LogP contribution is 2.44. The molecule has 4 nitrogen and oxygen atoms in total. The summed E-state index contributed by atoms with van der Waals surface area (Å²) >= 11 is 0. The number of quaternary nitrogens is 1. The highest BCUT2D eigenvalue weighted by atomic mass is 16.4. The van der Waals surface area contributed by atoms with Crippen LogP contribution in [-0.4, -0.2) is 36.0 Å². The molecular weight excluding hydrogens is 218 g/mol. The van der Waals surface area contributed by atoms with Crippen LogP contribution < -0.4 is 4.48 Å². The van der Waals surface area contributed by atoms with Gasteiger partial charge in [0, 0.05) is 17.0 Å². The fourth-order valence-corrected chi connectivity index (χ4v) is 2.90. The van der Waals surface area contributed by atoms with E-state index in [1.54, 1.807) is 0 Å². The lowest BCUT2D eigenvalue weighted by Crippen LogP contribution is -2.55. The standard InChI is InChI=1S/C13H17NO3/c1-13(2)9-14(7-8-15,12(16)17)11-6-4-3-5-10(11)13/h3-6,15H,7-9H2,1-2H3/p+1. The smallest absolute Gasteiger partial charge is 0.435 e. The molecular formula is C13H18NO3+. The van der Waals surface area contributed by atoms with Crippen LogP contribution in [0.3, 0.4) is 0 Å². The average molecular weight is 236 g/mol. The second-order valence-electron chi connectivity index (χ2n) is 5.26. The minimum atomic E-state index is -0.892. The number of rotatable bonds is 2. The molecule has 1 aliphatic heterocycles. The fraction of sp³-hybridized carbons (Fsp3) is 0.462. The summed E-state index contributed by atoms with van der Waals surface area (Å²) in [6.07, 6.45) is -0.892. The molecule has 0 aromatic heterocycles. The van der Waals surface area contributed by atoms with Gasteiger partial charge in [-0.25, -0.2) is 0 Å². The van der Waals surface area contributed by atoms with Crippen LogP contribution in [0.1, 0.15) is 19.4 Å². The number of benzene rings is 1. The summed E-state index contributed by atoms with van der Waals surface area (Å²) in [5.74, 6) is 0. The monoisotopic (exact) mass is 236 g/mol. The number of amides is 1. The lowest BCUT2D eigenvalue weighted by Gasteiger charge is -2.29. The van der Waals surface area contributed by atoms with Gasteiger partial charge in [-0.2, -0.15) is 9.28 Å². The van der Waals surface area contributed by atoms with Gasteiger partial charge < -0.3 is 10.2 Å². The van der Waals surface area contributed by atoms with E-state index in [2.05, 4.69) is 0 Å². The normalized spacial score (nSPS) is 25.6. The molecule has 92 valence electrons. The Kier molecular flexibility index (Phi) is 2.72. The highest BCUT2D eigenvalue weighted by Gasteiger charge is 2.53. The van der Waals surface area contributed by atoms with Crippen molar-refractivity contribution in [2.45, 2.75) is 19.3 Å². The molecule has 0 saturated carbocycles. The molecule has 0 radical (unpaired) electrons. The van der Waals surface area contributed by atoms with E-state index in [-0.39, 0.29) is 23.0 Å². The molecule has 0 spiro atoms. The number of fused-ring (bicyclic) bond motifs is 1. The number of aliphatic hydroxyl groups is 1. The molecule has 1 aromatic rings. The highest BCUT2D eigenvalue weighted by molar-refractivity contribution is 5.84. The van der Waals surface area contributed by atoms with Crippen molar-refractivity contribution >= 4 is 11.8 Å². The predicted octanol–water partition coefficient (Wildman–Crippen LogP) is 1.96. The summed E-state index contributed by atoms with van der Waals surface area (Å²) in [4.78, 5) is 11.6. The third-order valence-corrected chi connectivity index (χ3v) is 3.61. The Hall–Kier alpha value is -1.39. The number of hydrogen-bond acceptors (Lipinski definition) is 2. The molecule has 0 aliphatic carbocycles. The number of para-hydroxylation sites is 1. The van der Waals surface area contributed by atoms with Crippen LogP contribution in [0.4, 0.5) is 10.5 Å². The lowest BCUT2D eigenvalue weighted by atomic mass is 9.87. The second kappa shape index (κ2) is 3.82. The zero-order chi connectivity index (χ0) is 12.7. The Labute approximate surface area is 101 Å². The molecule has 1 amide bonds. The maximum Gasteiger partial charge on any atom is 0.518 e. The first kappa shape index (κ1) is 12.1. The van der Waals surface area contributed by atoms with E-state index in [1.807, 2.05) is 38.1 Å². The summed E-state index contributed by atoms with van der Waals surface area (Å²) < 4.78 is -0.167. The van der Waals surface area contributed by atoms with Crippen LogP contribution in [-0.2, 0) is 5.41 Å². The van der Waals surface area contributed by atoms with Crippen molar-refractivity contribution < 1.29 is 15.0 Å². The van der Waals surface area contributed by atoms with Gasteiger partial charge in [0.05, 0.1) is 6.61 Å². The Balaban J connectivity index is 2.62. The first-order valence-electron chi connectivity index (χ1n) is 5.75. The van der Waals surface area contributed by atoms with Crippen molar-refractivity contribution in [2.75, 3.05) is 19.7 Å². The largest absolute Gasteiger partial charge is 0.518 e. The van der Waals surface area contributed by atoms with E-state index in [0.717, 1.165) is 11.3 Å². The third kappa shape index (κ3) is 1.64. The van der Waals surface area contributed by atoms with Gasteiger partial charge >= 0.3 is 6.09 Å². The maximum atomic E-state index is 11.6. The van der Waals surface area contributed by atoms with Gasteiger partial charge in [0.2, 0.25) is 0 Å². The molecule has 4 heteroatoms. The molecule has 0 saturated heterocycles. The second-order valence-corrected chi connectivity index (χ2v) is 5.26. The van der Waals surface area contributed by atoms with E-state index < -0.39 is 6.09 Å². The van der Waals surface area contributed by atoms with E-state index in [9.17, 15) is 9.90 Å². The van der Waals surface area contributed by atoms with Crippen LogP contribution in [0.15, 0.2) is 24.3 Å². The summed E-state index contributed by atoms with van der Waals surface area (Å²) in [6.45, 7) is 4.67. The zero-order valence-corrected chi connectivity index (χ0v) is 10.2. The molecule has 0 fully saturated rings. The summed E-state index contributed by atoms with van der Waals surface area (Å²) in [7, 11) is 0. The van der Waals surface area contributed by atoms with Crippen molar-refractivity contribution in [1.82, 2.24) is 4.48 Å². The summed E-state index contributed by atoms with van der Waals surface area (Å²) in [5.41, 5.74) is 1.69. The van der Waals surface area contributed by atoms with Gasteiger partial charge in [-0.05, 0) is 0 Å². The van der Waals surface area contributed by atoms with Gasteiger partial charge in [-0.1, -0.05) is 32.0 Å². The van der Waals surface area contributed by atoms with Crippen molar-refractivity contribution in [1.29, 1.82) is 0 Å². The number of carboxylic acid groups (broad SMARTS) is 1. The minimum absolute atomic E-state index is 0.128. The molecule has 0 bridgehead atoms. The van der Waals surface area contributed by atoms with Crippen LogP contribution in [0, 0.1) is 0 Å². The van der Waals surface area contributed by atoms with Gasteiger partial charge in [-0.3, -0.25) is 0 Å². The van der Waals surface area contributed by atoms with Crippen LogP contribution in [0.2, 0.25) is 0 Å². The van der Waals surface area contributed by atoms with Gasteiger partial charge in [0.15, 0.2) is 0 Å². The lowest BCUT2D eigenvalue weighted by molar-refractivity contribution is 0.131. The Morgan fingerprint density at radius 3 is 2.65 bits per heavy atom. The molecule has 1 atom stereocenters. The maximum absolute atomic E-state index is 11.6. The molecule has 1 aromatic carbocycles. The first-order valence-corrected chi connectivity index (χ1v) is 5.75. The van der Waals surface area contributed by atoms with Crippen LogP contribution in [0.25, 0.3) is 0 Å². The molecule has 17 heavy (non-hydrogen) atoms. The van der Waals surface area contributed by atoms with Crippen molar-refractivity contribution in [3.63, 3.8) is 0 Å². The van der Waals surface area contributed by atoms with Crippen LogP contribution in [0.5, 0.6) is 0 Å². The Morgan fingerprint density at radius 1 is 1.41 bits per heavy atom. The van der Waals surface area contributed by atoms with Crippen LogP contribution >= 0.6 is 0 Å². The molecule has 1 unspecified atom stereocenters. The van der Waals surface area contributed by atoms with E-state index in [4.69, 9.17) is 5.11 Å². The van der Waals surface area contributed by atoms with Gasteiger partial charge in [-0.15, -0.1) is 0 Å². The Bertz CT molecular complexity index is 456. The zero-order valence-electron chi connectivity index (χ0n) is 10.2. The minimum Gasteiger partial charge on any atom is -0.435 e. The number of carbonyl (C=O) groups is 1. The predicted molar refractivity (Wildman–Crippen MR) is 66.1 cm³/mol. The van der Waals surface area contributed by atoms with Crippen molar-refractivity contribution in [3.8, 4) is 0 Å². The number of hydrogen-bond donors (Lipinski definition) is 2. The molecule has 1 aliphatic rings. The molecule has 1 heterocycles. The fourth-order valence-electron chi connectivity index (χ4n) is 2.90. The third-order valence-electron chi connectivity index (χ3n) is 3.61. The molecule has 2 rings (SSSR count). The molecule has 2 N–H and O–H groups in total. The van der Waals surface area contributed by atoms with E-state index in [1.165, 1.54) is 0 Å².